The zero-order chi connectivity index (χ0) is 23.7. The number of carbonyl (C=O) groups excluding carboxylic acids is 1. The SMILES string of the molecule is CCCCCCCCCCCCC(CCC)COC(=O)C(C)CCCCCCCCCC. The Hall–Kier alpha value is -0.530. The third-order valence-corrected chi connectivity index (χ3v) is 7.02. The highest BCUT2D eigenvalue weighted by atomic mass is 16.5. The van der Waals surface area contributed by atoms with E-state index in [0.29, 0.717) is 12.5 Å². The Morgan fingerprint density at radius 1 is 0.531 bits per heavy atom. The van der Waals surface area contributed by atoms with Crippen molar-refractivity contribution in [2.75, 3.05) is 6.61 Å². The van der Waals surface area contributed by atoms with Gasteiger partial charge in [-0.3, -0.25) is 4.79 Å². The lowest BCUT2D eigenvalue weighted by molar-refractivity contribution is -0.149. The molecule has 0 rings (SSSR count). The average molecular weight is 453 g/mol. The van der Waals surface area contributed by atoms with E-state index in [1.807, 2.05) is 0 Å². The van der Waals surface area contributed by atoms with Crippen molar-refractivity contribution in [2.45, 2.75) is 169 Å². The number of carbonyl (C=O) groups is 1. The molecule has 0 fully saturated rings. The molecule has 0 aliphatic carbocycles. The Balaban J connectivity index is 3.73. The van der Waals surface area contributed by atoms with Gasteiger partial charge >= 0.3 is 5.97 Å². The molecule has 2 heteroatoms. The first-order chi connectivity index (χ1) is 15.7. The summed E-state index contributed by atoms with van der Waals surface area (Å²) in [5.41, 5.74) is 0. The second-order valence-electron chi connectivity index (χ2n) is 10.4. The first-order valence-corrected chi connectivity index (χ1v) is 14.8. The molecule has 192 valence electrons. The van der Waals surface area contributed by atoms with Crippen LogP contribution in [0.3, 0.4) is 0 Å². The van der Waals surface area contributed by atoms with E-state index >= 15 is 0 Å². The Bertz CT molecular complexity index is 379. The van der Waals surface area contributed by atoms with Crippen LogP contribution in [0, 0.1) is 11.8 Å². The molecular weight excluding hydrogens is 392 g/mol. The van der Waals surface area contributed by atoms with Crippen LogP contribution >= 0.6 is 0 Å². The van der Waals surface area contributed by atoms with Crippen LogP contribution in [0.15, 0.2) is 0 Å². The molecule has 0 aliphatic heterocycles. The summed E-state index contributed by atoms with van der Waals surface area (Å²) in [6.45, 7) is 9.50. The maximum absolute atomic E-state index is 12.4. The number of esters is 1. The van der Waals surface area contributed by atoms with Gasteiger partial charge in [-0.1, -0.05) is 150 Å². The lowest BCUT2D eigenvalue weighted by Gasteiger charge is -2.18. The summed E-state index contributed by atoms with van der Waals surface area (Å²) >= 11 is 0. The monoisotopic (exact) mass is 452 g/mol. The zero-order valence-corrected chi connectivity index (χ0v) is 22.7. The van der Waals surface area contributed by atoms with Crippen LogP contribution in [0.4, 0.5) is 0 Å². The summed E-state index contributed by atoms with van der Waals surface area (Å²) < 4.78 is 5.74. The van der Waals surface area contributed by atoms with E-state index in [-0.39, 0.29) is 11.9 Å². The molecule has 0 heterocycles. The lowest BCUT2D eigenvalue weighted by atomic mass is 9.96. The molecule has 0 bridgehead atoms. The molecule has 0 N–H and O–H groups in total. The first-order valence-electron chi connectivity index (χ1n) is 14.8. The summed E-state index contributed by atoms with van der Waals surface area (Å²) in [6, 6.07) is 0. The minimum absolute atomic E-state index is 0.0390. The van der Waals surface area contributed by atoms with Gasteiger partial charge in [0.05, 0.1) is 12.5 Å². The lowest BCUT2D eigenvalue weighted by Crippen LogP contribution is -2.19. The maximum Gasteiger partial charge on any atom is 0.308 e. The van der Waals surface area contributed by atoms with E-state index < -0.39 is 0 Å². The second kappa shape index (κ2) is 25.1. The number of ether oxygens (including phenoxy) is 1. The molecule has 0 aromatic carbocycles. The number of hydrogen-bond acceptors (Lipinski definition) is 2. The fraction of sp³-hybridized carbons (Fsp3) is 0.967. The van der Waals surface area contributed by atoms with Gasteiger partial charge < -0.3 is 4.74 Å². The molecule has 2 unspecified atom stereocenters. The van der Waals surface area contributed by atoms with Gasteiger partial charge in [-0.05, 0) is 25.2 Å². The van der Waals surface area contributed by atoms with Crippen LogP contribution in [0.25, 0.3) is 0 Å². The molecule has 0 spiro atoms. The summed E-state index contributed by atoms with van der Waals surface area (Å²) in [4.78, 5) is 12.4. The average Bonchev–Trinajstić information content (AvgIpc) is 2.79. The van der Waals surface area contributed by atoms with Crippen LogP contribution in [-0.2, 0) is 9.53 Å². The molecule has 0 radical (unpaired) electrons. The highest BCUT2D eigenvalue weighted by molar-refractivity contribution is 5.71. The summed E-state index contributed by atoms with van der Waals surface area (Å²) in [6.07, 6.45) is 29.0. The van der Waals surface area contributed by atoms with Gasteiger partial charge in [-0.25, -0.2) is 0 Å². The van der Waals surface area contributed by atoms with Crippen molar-refractivity contribution < 1.29 is 9.53 Å². The van der Waals surface area contributed by atoms with Crippen LogP contribution in [0.2, 0.25) is 0 Å². The van der Waals surface area contributed by atoms with Crippen LogP contribution < -0.4 is 0 Å². The topological polar surface area (TPSA) is 26.3 Å². The van der Waals surface area contributed by atoms with Crippen LogP contribution in [0.5, 0.6) is 0 Å². The van der Waals surface area contributed by atoms with E-state index in [9.17, 15) is 4.79 Å². The standard InChI is InChI=1S/C30H60O2/c1-5-8-10-12-14-16-17-19-21-23-26-29(24-7-3)27-32-30(31)28(4)25-22-20-18-15-13-11-9-6-2/h28-29H,5-27H2,1-4H3. The number of hydrogen-bond donors (Lipinski definition) is 0. The summed E-state index contributed by atoms with van der Waals surface area (Å²) in [7, 11) is 0. The molecule has 2 atom stereocenters. The van der Waals surface area contributed by atoms with E-state index in [0.717, 1.165) is 6.42 Å². The van der Waals surface area contributed by atoms with Crippen molar-refractivity contribution in [3.63, 3.8) is 0 Å². The maximum atomic E-state index is 12.4. The third kappa shape index (κ3) is 21.3. The molecule has 0 amide bonds. The quantitative estimate of drug-likeness (QED) is 0.102. The van der Waals surface area contributed by atoms with Gasteiger partial charge in [0, 0.05) is 0 Å². The van der Waals surface area contributed by atoms with E-state index in [1.54, 1.807) is 0 Å². The molecular formula is C30H60O2. The summed E-state index contributed by atoms with van der Waals surface area (Å²) in [5, 5.41) is 0. The molecule has 0 saturated heterocycles. The third-order valence-electron chi connectivity index (χ3n) is 7.02. The number of unbranched alkanes of at least 4 members (excludes halogenated alkanes) is 16. The van der Waals surface area contributed by atoms with Crippen molar-refractivity contribution >= 4 is 5.97 Å². The Morgan fingerprint density at radius 3 is 1.38 bits per heavy atom. The van der Waals surface area contributed by atoms with Gasteiger partial charge in [-0.2, -0.15) is 0 Å². The molecule has 32 heavy (non-hydrogen) atoms. The summed E-state index contributed by atoms with van der Waals surface area (Å²) in [5.74, 6) is 0.667. The molecule has 0 saturated carbocycles. The Morgan fingerprint density at radius 2 is 0.938 bits per heavy atom. The van der Waals surface area contributed by atoms with Crippen molar-refractivity contribution in [1.29, 1.82) is 0 Å². The minimum atomic E-state index is 0.0390. The minimum Gasteiger partial charge on any atom is -0.465 e. The molecule has 2 nitrogen and oxygen atoms in total. The predicted molar refractivity (Wildman–Crippen MR) is 142 cm³/mol. The van der Waals surface area contributed by atoms with E-state index in [2.05, 4.69) is 27.7 Å². The van der Waals surface area contributed by atoms with Crippen LogP contribution in [-0.4, -0.2) is 12.6 Å². The molecule has 0 aromatic rings. The smallest absolute Gasteiger partial charge is 0.308 e. The predicted octanol–water partition coefficient (Wildman–Crippen LogP) is 10.4. The van der Waals surface area contributed by atoms with E-state index in [4.69, 9.17) is 4.74 Å². The largest absolute Gasteiger partial charge is 0.465 e. The number of rotatable bonds is 25. The second-order valence-corrected chi connectivity index (χ2v) is 10.4. The van der Waals surface area contributed by atoms with Crippen molar-refractivity contribution in [2.24, 2.45) is 11.8 Å². The van der Waals surface area contributed by atoms with Gasteiger partial charge in [0.25, 0.3) is 0 Å². The first kappa shape index (κ1) is 31.5. The highest BCUT2D eigenvalue weighted by Gasteiger charge is 2.16. The van der Waals surface area contributed by atoms with E-state index in [1.165, 1.54) is 135 Å². The van der Waals surface area contributed by atoms with Gasteiger partial charge in [0.2, 0.25) is 0 Å². The zero-order valence-electron chi connectivity index (χ0n) is 22.7. The highest BCUT2D eigenvalue weighted by Crippen LogP contribution is 2.20. The Labute approximate surface area is 203 Å². The Kier molecular flexibility index (Phi) is 24.7. The van der Waals surface area contributed by atoms with Gasteiger partial charge in [-0.15, -0.1) is 0 Å². The fourth-order valence-corrected chi connectivity index (χ4v) is 4.68. The van der Waals surface area contributed by atoms with Gasteiger partial charge in [0.15, 0.2) is 0 Å². The molecule has 0 aliphatic rings. The fourth-order valence-electron chi connectivity index (χ4n) is 4.68. The molecule has 0 aromatic heterocycles. The normalized spacial score (nSPS) is 13.2. The van der Waals surface area contributed by atoms with Crippen molar-refractivity contribution in [3.8, 4) is 0 Å². The van der Waals surface area contributed by atoms with Gasteiger partial charge in [0.1, 0.15) is 0 Å². The van der Waals surface area contributed by atoms with Crippen molar-refractivity contribution in [3.05, 3.63) is 0 Å². The van der Waals surface area contributed by atoms with Crippen LogP contribution in [0.1, 0.15) is 169 Å². The van der Waals surface area contributed by atoms with Crippen molar-refractivity contribution in [1.82, 2.24) is 0 Å².